The number of carbonyl (C=O) groups excluding carboxylic acids is 2. The second kappa shape index (κ2) is 8.29. The number of benzene rings is 1. The Morgan fingerprint density at radius 3 is 2.62 bits per heavy atom. The van der Waals surface area contributed by atoms with Crippen LogP contribution in [0.1, 0.15) is 44.1 Å². The van der Waals surface area contributed by atoms with Crippen molar-refractivity contribution in [1.29, 1.82) is 0 Å². The molecule has 5 heteroatoms. The third-order valence-corrected chi connectivity index (χ3v) is 5.20. The van der Waals surface area contributed by atoms with Crippen LogP contribution in [0.3, 0.4) is 0 Å². The summed E-state index contributed by atoms with van der Waals surface area (Å²) >= 11 is 0. The SMILES string of the molecule is O=CNC(NC1CCCCC1)C1CC(=O)N(Cc2ccccc2)C1. The van der Waals surface area contributed by atoms with E-state index in [2.05, 4.69) is 10.6 Å². The average molecular weight is 329 g/mol. The molecule has 1 heterocycles. The number of hydrogen-bond acceptors (Lipinski definition) is 3. The number of hydrogen-bond donors (Lipinski definition) is 2. The fourth-order valence-electron chi connectivity index (χ4n) is 3.90. The Bertz CT molecular complexity index is 543. The molecule has 130 valence electrons. The zero-order chi connectivity index (χ0) is 16.8. The van der Waals surface area contributed by atoms with E-state index in [1.165, 1.54) is 19.3 Å². The summed E-state index contributed by atoms with van der Waals surface area (Å²) in [6.45, 7) is 1.34. The first-order valence-corrected chi connectivity index (χ1v) is 9.03. The predicted molar refractivity (Wildman–Crippen MR) is 93.0 cm³/mol. The third kappa shape index (κ3) is 4.35. The largest absolute Gasteiger partial charge is 0.343 e. The van der Waals surface area contributed by atoms with Gasteiger partial charge < -0.3 is 10.2 Å². The summed E-state index contributed by atoms with van der Waals surface area (Å²) in [6, 6.07) is 10.5. The van der Waals surface area contributed by atoms with Gasteiger partial charge in [-0.1, -0.05) is 49.6 Å². The Morgan fingerprint density at radius 2 is 1.92 bits per heavy atom. The molecule has 2 fully saturated rings. The van der Waals surface area contributed by atoms with Crippen LogP contribution in [0.2, 0.25) is 0 Å². The Labute approximate surface area is 143 Å². The Morgan fingerprint density at radius 1 is 1.17 bits per heavy atom. The maximum Gasteiger partial charge on any atom is 0.223 e. The maximum absolute atomic E-state index is 12.4. The van der Waals surface area contributed by atoms with E-state index in [0.29, 0.717) is 25.6 Å². The van der Waals surface area contributed by atoms with Gasteiger partial charge in [0.05, 0.1) is 6.17 Å². The fraction of sp³-hybridized carbons (Fsp3) is 0.579. The van der Waals surface area contributed by atoms with Gasteiger partial charge in [-0.2, -0.15) is 0 Å². The van der Waals surface area contributed by atoms with Crippen molar-refractivity contribution in [2.45, 2.75) is 57.3 Å². The number of nitrogens with one attached hydrogen (secondary N) is 2. The van der Waals surface area contributed by atoms with E-state index < -0.39 is 0 Å². The van der Waals surface area contributed by atoms with Crippen LogP contribution >= 0.6 is 0 Å². The molecule has 0 radical (unpaired) electrons. The van der Waals surface area contributed by atoms with E-state index in [1.807, 2.05) is 35.2 Å². The van der Waals surface area contributed by atoms with Gasteiger partial charge in [0.2, 0.25) is 12.3 Å². The summed E-state index contributed by atoms with van der Waals surface area (Å²) in [4.78, 5) is 25.3. The van der Waals surface area contributed by atoms with Crippen molar-refractivity contribution < 1.29 is 9.59 Å². The summed E-state index contributed by atoms with van der Waals surface area (Å²) in [5.74, 6) is 0.306. The molecular weight excluding hydrogens is 302 g/mol. The number of carbonyl (C=O) groups is 2. The molecule has 1 aromatic rings. The third-order valence-electron chi connectivity index (χ3n) is 5.20. The molecule has 24 heavy (non-hydrogen) atoms. The molecule has 1 aliphatic carbocycles. The Balaban J connectivity index is 1.59. The molecule has 0 bridgehead atoms. The molecule has 2 unspecified atom stereocenters. The average Bonchev–Trinajstić information content (AvgIpc) is 2.97. The Hall–Kier alpha value is -1.88. The van der Waals surface area contributed by atoms with Gasteiger partial charge in [-0.05, 0) is 18.4 Å². The van der Waals surface area contributed by atoms with Crippen LogP contribution < -0.4 is 10.6 Å². The smallest absolute Gasteiger partial charge is 0.223 e. The van der Waals surface area contributed by atoms with Crippen molar-refractivity contribution in [2.75, 3.05) is 6.54 Å². The van der Waals surface area contributed by atoms with Gasteiger partial charge in [0.1, 0.15) is 0 Å². The summed E-state index contributed by atoms with van der Waals surface area (Å²) in [5, 5.41) is 6.49. The number of likely N-dealkylation sites (tertiary alicyclic amines) is 1. The van der Waals surface area contributed by atoms with Gasteiger partial charge in [-0.25, -0.2) is 0 Å². The fourth-order valence-corrected chi connectivity index (χ4v) is 3.90. The highest BCUT2D eigenvalue weighted by Gasteiger charge is 2.35. The summed E-state index contributed by atoms with van der Waals surface area (Å²) in [6.07, 6.45) is 7.25. The normalized spacial score (nSPS) is 23.2. The van der Waals surface area contributed by atoms with Crippen molar-refractivity contribution in [2.24, 2.45) is 5.92 Å². The van der Waals surface area contributed by atoms with Crippen LogP contribution in [0.25, 0.3) is 0 Å². The van der Waals surface area contributed by atoms with Crippen LogP contribution in [-0.2, 0) is 16.1 Å². The number of nitrogens with zero attached hydrogens (tertiary/aromatic N) is 1. The van der Waals surface area contributed by atoms with E-state index in [9.17, 15) is 9.59 Å². The lowest BCUT2D eigenvalue weighted by Gasteiger charge is -2.31. The van der Waals surface area contributed by atoms with Crippen LogP contribution in [0.15, 0.2) is 30.3 Å². The van der Waals surface area contributed by atoms with Gasteiger partial charge in [0, 0.05) is 31.5 Å². The molecule has 5 nitrogen and oxygen atoms in total. The maximum atomic E-state index is 12.4. The lowest BCUT2D eigenvalue weighted by atomic mass is 9.94. The highest BCUT2D eigenvalue weighted by Crippen LogP contribution is 2.24. The van der Waals surface area contributed by atoms with Crippen molar-refractivity contribution in [3.63, 3.8) is 0 Å². The molecular formula is C19H27N3O2. The van der Waals surface area contributed by atoms with Crippen LogP contribution in [0.5, 0.6) is 0 Å². The van der Waals surface area contributed by atoms with Crippen LogP contribution in [-0.4, -0.2) is 36.0 Å². The van der Waals surface area contributed by atoms with Crippen molar-refractivity contribution >= 4 is 12.3 Å². The zero-order valence-electron chi connectivity index (χ0n) is 14.1. The second-order valence-corrected chi connectivity index (χ2v) is 6.99. The lowest BCUT2D eigenvalue weighted by molar-refractivity contribution is -0.128. The van der Waals surface area contributed by atoms with E-state index in [1.54, 1.807) is 0 Å². The highest BCUT2D eigenvalue weighted by molar-refractivity contribution is 5.78. The monoisotopic (exact) mass is 329 g/mol. The van der Waals surface area contributed by atoms with Gasteiger partial charge in [-0.15, -0.1) is 0 Å². The van der Waals surface area contributed by atoms with Gasteiger partial charge in [-0.3, -0.25) is 14.9 Å². The van der Waals surface area contributed by atoms with Crippen molar-refractivity contribution in [3.8, 4) is 0 Å². The van der Waals surface area contributed by atoms with E-state index >= 15 is 0 Å². The Kier molecular flexibility index (Phi) is 5.86. The van der Waals surface area contributed by atoms with Gasteiger partial charge >= 0.3 is 0 Å². The molecule has 2 amide bonds. The molecule has 1 saturated heterocycles. The van der Waals surface area contributed by atoms with E-state index in [0.717, 1.165) is 24.8 Å². The minimum atomic E-state index is -0.115. The van der Waals surface area contributed by atoms with Crippen LogP contribution in [0, 0.1) is 5.92 Å². The zero-order valence-corrected chi connectivity index (χ0v) is 14.1. The van der Waals surface area contributed by atoms with Gasteiger partial charge in [0.15, 0.2) is 0 Å². The molecule has 2 atom stereocenters. The standard InChI is InChI=1S/C19H27N3O2/c23-14-20-19(21-17-9-5-2-6-10-17)16-11-18(24)22(13-16)12-15-7-3-1-4-8-15/h1,3-4,7-8,14,16-17,19,21H,2,5-6,9-13H2,(H,20,23). The molecule has 0 aromatic heterocycles. The molecule has 2 N–H and O–H groups in total. The van der Waals surface area contributed by atoms with Crippen molar-refractivity contribution in [3.05, 3.63) is 35.9 Å². The number of amides is 2. The molecule has 0 spiro atoms. The van der Waals surface area contributed by atoms with E-state index in [-0.39, 0.29) is 18.0 Å². The first kappa shape index (κ1) is 17.0. The first-order chi connectivity index (χ1) is 11.8. The minimum absolute atomic E-state index is 0.115. The molecule has 2 aliphatic rings. The topological polar surface area (TPSA) is 61.4 Å². The second-order valence-electron chi connectivity index (χ2n) is 6.99. The number of rotatable bonds is 7. The van der Waals surface area contributed by atoms with E-state index in [4.69, 9.17) is 0 Å². The molecule has 3 rings (SSSR count). The molecule has 1 aliphatic heterocycles. The van der Waals surface area contributed by atoms with Crippen LogP contribution in [0.4, 0.5) is 0 Å². The first-order valence-electron chi connectivity index (χ1n) is 9.03. The predicted octanol–water partition coefficient (Wildman–Crippen LogP) is 2.03. The summed E-state index contributed by atoms with van der Waals surface area (Å²) in [7, 11) is 0. The summed E-state index contributed by atoms with van der Waals surface area (Å²) in [5.41, 5.74) is 1.15. The summed E-state index contributed by atoms with van der Waals surface area (Å²) < 4.78 is 0. The van der Waals surface area contributed by atoms with Gasteiger partial charge in [0.25, 0.3) is 0 Å². The molecule has 1 aromatic carbocycles. The lowest BCUT2D eigenvalue weighted by Crippen LogP contribution is -2.52. The minimum Gasteiger partial charge on any atom is -0.343 e. The highest BCUT2D eigenvalue weighted by atomic mass is 16.2. The molecule has 1 saturated carbocycles. The quantitative estimate of drug-likeness (QED) is 0.594. The van der Waals surface area contributed by atoms with Crippen molar-refractivity contribution in [1.82, 2.24) is 15.5 Å².